The predicted octanol–water partition coefficient (Wildman–Crippen LogP) is 0.766. The van der Waals surface area contributed by atoms with Gasteiger partial charge < -0.3 is 14.8 Å². The SMILES string of the molecule is COc1ccc(S(=O)(=O)NC2CCNC2)cc1OC.Cl. The standard InChI is InChI=1S/C12H18N2O4S.ClH/c1-17-11-4-3-10(7-12(11)18-2)19(15,16)14-9-5-6-13-8-9;/h3-4,7,9,13-14H,5-6,8H2,1-2H3;1H. The van der Waals surface area contributed by atoms with Crippen LogP contribution in [-0.4, -0.2) is 41.8 Å². The number of hydrogen-bond donors (Lipinski definition) is 2. The second kappa shape index (κ2) is 7.12. The highest BCUT2D eigenvalue weighted by Crippen LogP contribution is 2.29. The third-order valence-electron chi connectivity index (χ3n) is 3.05. The van der Waals surface area contributed by atoms with Crippen molar-refractivity contribution in [3.05, 3.63) is 18.2 Å². The number of rotatable bonds is 5. The lowest BCUT2D eigenvalue weighted by atomic mass is 10.3. The van der Waals surface area contributed by atoms with Crippen molar-refractivity contribution < 1.29 is 17.9 Å². The average Bonchev–Trinajstić information content (AvgIpc) is 2.89. The number of benzene rings is 1. The van der Waals surface area contributed by atoms with Gasteiger partial charge in [0.25, 0.3) is 0 Å². The third-order valence-corrected chi connectivity index (χ3v) is 4.57. The van der Waals surface area contributed by atoms with Crippen molar-refractivity contribution in [3.63, 3.8) is 0 Å². The van der Waals surface area contributed by atoms with E-state index in [1.54, 1.807) is 6.07 Å². The summed E-state index contributed by atoms with van der Waals surface area (Å²) >= 11 is 0. The van der Waals surface area contributed by atoms with Gasteiger partial charge in [-0.3, -0.25) is 0 Å². The first-order valence-electron chi connectivity index (χ1n) is 6.02. The molecule has 1 heterocycles. The van der Waals surface area contributed by atoms with Crippen LogP contribution in [0.5, 0.6) is 11.5 Å². The summed E-state index contributed by atoms with van der Waals surface area (Å²) in [6.45, 7) is 1.49. The minimum absolute atomic E-state index is 0. The van der Waals surface area contributed by atoms with E-state index in [2.05, 4.69) is 10.0 Å². The summed E-state index contributed by atoms with van der Waals surface area (Å²) in [6, 6.07) is 4.49. The van der Waals surface area contributed by atoms with E-state index in [0.717, 1.165) is 13.0 Å². The number of halogens is 1. The smallest absolute Gasteiger partial charge is 0.241 e. The molecule has 1 unspecified atom stereocenters. The number of methoxy groups -OCH3 is 2. The molecule has 8 heteroatoms. The van der Waals surface area contributed by atoms with Crippen LogP contribution >= 0.6 is 12.4 Å². The van der Waals surface area contributed by atoms with Gasteiger partial charge in [-0.25, -0.2) is 13.1 Å². The zero-order valence-corrected chi connectivity index (χ0v) is 13.0. The molecule has 0 bridgehead atoms. The van der Waals surface area contributed by atoms with Gasteiger partial charge in [-0.05, 0) is 25.1 Å². The molecule has 2 N–H and O–H groups in total. The Kier molecular flexibility index (Phi) is 6.07. The first kappa shape index (κ1) is 17.0. The van der Waals surface area contributed by atoms with Crippen LogP contribution in [0.25, 0.3) is 0 Å². The third kappa shape index (κ3) is 3.76. The normalized spacial score (nSPS) is 18.4. The van der Waals surface area contributed by atoms with Gasteiger partial charge in [-0.1, -0.05) is 0 Å². The quantitative estimate of drug-likeness (QED) is 0.837. The van der Waals surface area contributed by atoms with Crippen molar-refractivity contribution in [3.8, 4) is 11.5 Å². The van der Waals surface area contributed by atoms with E-state index >= 15 is 0 Å². The van der Waals surface area contributed by atoms with Crippen LogP contribution < -0.4 is 19.5 Å². The van der Waals surface area contributed by atoms with E-state index < -0.39 is 10.0 Å². The topological polar surface area (TPSA) is 76.7 Å². The average molecular weight is 323 g/mol. The molecule has 1 aliphatic heterocycles. The van der Waals surface area contributed by atoms with Crippen LogP contribution in [0.2, 0.25) is 0 Å². The fourth-order valence-corrected chi connectivity index (χ4v) is 3.31. The fourth-order valence-electron chi connectivity index (χ4n) is 2.03. The van der Waals surface area contributed by atoms with E-state index in [0.29, 0.717) is 18.0 Å². The lowest BCUT2D eigenvalue weighted by Crippen LogP contribution is -2.36. The molecule has 1 fully saturated rings. The Balaban J connectivity index is 0.00000200. The zero-order chi connectivity index (χ0) is 13.9. The highest BCUT2D eigenvalue weighted by molar-refractivity contribution is 7.89. The van der Waals surface area contributed by atoms with Gasteiger partial charge in [0.05, 0.1) is 19.1 Å². The van der Waals surface area contributed by atoms with E-state index in [9.17, 15) is 8.42 Å². The molecule has 0 radical (unpaired) electrons. The van der Waals surface area contributed by atoms with Crippen LogP contribution in [0.3, 0.4) is 0 Å². The monoisotopic (exact) mass is 322 g/mol. The molecule has 1 atom stereocenters. The summed E-state index contributed by atoms with van der Waals surface area (Å²) in [5, 5.41) is 3.12. The lowest BCUT2D eigenvalue weighted by molar-refractivity contribution is 0.354. The van der Waals surface area contributed by atoms with Crippen LogP contribution in [0, 0.1) is 0 Å². The molecule has 1 saturated heterocycles. The predicted molar refractivity (Wildman–Crippen MR) is 78.4 cm³/mol. The number of ether oxygens (including phenoxy) is 2. The second-order valence-electron chi connectivity index (χ2n) is 4.33. The number of hydrogen-bond acceptors (Lipinski definition) is 5. The summed E-state index contributed by atoms with van der Waals surface area (Å²) in [5.74, 6) is 0.902. The van der Waals surface area contributed by atoms with Crippen LogP contribution in [0.4, 0.5) is 0 Å². The molecule has 1 aliphatic rings. The van der Waals surface area contributed by atoms with Gasteiger partial charge in [0.2, 0.25) is 10.0 Å². The Morgan fingerprint density at radius 1 is 1.25 bits per heavy atom. The first-order chi connectivity index (χ1) is 9.06. The van der Waals surface area contributed by atoms with Gasteiger partial charge in [-0.2, -0.15) is 0 Å². The van der Waals surface area contributed by atoms with Gasteiger partial charge in [-0.15, -0.1) is 12.4 Å². The maximum absolute atomic E-state index is 12.2. The van der Waals surface area contributed by atoms with Crippen molar-refractivity contribution in [2.75, 3.05) is 27.3 Å². The molecular weight excluding hydrogens is 304 g/mol. The molecule has 114 valence electrons. The second-order valence-corrected chi connectivity index (χ2v) is 6.04. The highest BCUT2D eigenvalue weighted by Gasteiger charge is 2.23. The molecule has 0 amide bonds. The maximum atomic E-state index is 12.2. The van der Waals surface area contributed by atoms with Gasteiger partial charge >= 0.3 is 0 Å². The molecule has 1 aromatic rings. The molecule has 0 saturated carbocycles. The maximum Gasteiger partial charge on any atom is 0.241 e. The number of sulfonamides is 1. The Labute approximate surface area is 125 Å². The number of nitrogens with one attached hydrogen (secondary N) is 2. The summed E-state index contributed by atoms with van der Waals surface area (Å²) in [7, 11) is -0.544. The van der Waals surface area contributed by atoms with E-state index in [1.807, 2.05) is 0 Å². The Bertz CT molecular complexity index is 544. The highest BCUT2D eigenvalue weighted by atomic mass is 35.5. The van der Waals surface area contributed by atoms with E-state index in [4.69, 9.17) is 9.47 Å². The molecule has 0 aliphatic carbocycles. The molecule has 20 heavy (non-hydrogen) atoms. The summed E-state index contributed by atoms with van der Waals surface area (Å²) < 4.78 is 37.3. The zero-order valence-electron chi connectivity index (χ0n) is 11.4. The van der Waals surface area contributed by atoms with Gasteiger partial charge in [0, 0.05) is 18.7 Å². The van der Waals surface area contributed by atoms with Crippen molar-refractivity contribution in [1.29, 1.82) is 0 Å². The molecular formula is C12H19ClN2O4S. The van der Waals surface area contributed by atoms with Crippen molar-refractivity contribution in [1.82, 2.24) is 10.0 Å². The fraction of sp³-hybridized carbons (Fsp3) is 0.500. The Morgan fingerprint density at radius 3 is 2.50 bits per heavy atom. The van der Waals surface area contributed by atoms with Crippen LogP contribution in [0.15, 0.2) is 23.1 Å². The molecule has 1 aromatic carbocycles. The molecule has 6 nitrogen and oxygen atoms in total. The minimum atomic E-state index is -3.53. The van der Waals surface area contributed by atoms with Crippen LogP contribution in [-0.2, 0) is 10.0 Å². The summed E-state index contributed by atoms with van der Waals surface area (Å²) in [6.07, 6.45) is 0.798. The van der Waals surface area contributed by atoms with E-state index in [-0.39, 0.29) is 23.3 Å². The van der Waals surface area contributed by atoms with Gasteiger partial charge in [0.1, 0.15) is 0 Å². The first-order valence-corrected chi connectivity index (χ1v) is 7.50. The van der Waals surface area contributed by atoms with E-state index in [1.165, 1.54) is 26.4 Å². The summed E-state index contributed by atoms with van der Waals surface area (Å²) in [4.78, 5) is 0.178. The molecule has 2 rings (SSSR count). The minimum Gasteiger partial charge on any atom is -0.493 e. The van der Waals surface area contributed by atoms with Crippen LogP contribution in [0.1, 0.15) is 6.42 Å². The van der Waals surface area contributed by atoms with Crippen molar-refractivity contribution in [2.45, 2.75) is 17.4 Å². The van der Waals surface area contributed by atoms with Gasteiger partial charge in [0.15, 0.2) is 11.5 Å². The molecule has 0 spiro atoms. The van der Waals surface area contributed by atoms with Crippen molar-refractivity contribution in [2.24, 2.45) is 0 Å². The van der Waals surface area contributed by atoms with Crippen molar-refractivity contribution >= 4 is 22.4 Å². The largest absolute Gasteiger partial charge is 0.493 e. The lowest BCUT2D eigenvalue weighted by Gasteiger charge is -2.14. The Morgan fingerprint density at radius 2 is 1.95 bits per heavy atom. The molecule has 0 aromatic heterocycles. The Hall–Kier alpha value is -1.02. The summed E-state index contributed by atoms with van der Waals surface area (Å²) in [5.41, 5.74) is 0.